The van der Waals surface area contributed by atoms with Crippen LogP contribution in [0.1, 0.15) is 56.2 Å². The third kappa shape index (κ3) is 9.90. The van der Waals surface area contributed by atoms with Crippen molar-refractivity contribution in [1.29, 1.82) is 0 Å². The molecule has 4 amide bonds. The van der Waals surface area contributed by atoms with Gasteiger partial charge in [0.15, 0.2) is 10.9 Å². The number of unbranched alkanes of at least 4 members (excludes halogenated alkanes) is 1. The van der Waals surface area contributed by atoms with E-state index in [4.69, 9.17) is 0 Å². The van der Waals surface area contributed by atoms with E-state index in [-0.39, 0.29) is 18.2 Å². The van der Waals surface area contributed by atoms with E-state index in [1.54, 1.807) is 19.1 Å². The first kappa shape index (κ1) is 31.6. The molecule has 6 N–H and O–H groups in total. The third-order valence-electron chi connectivity index (χ3n) is 6.75. The molecule has 0 bridgehead atoms. The topological polar surface area (TPSA) is 176 Å². The highest BCUT2D eigenvalue weighted by Crippen LogP contribution is 2.27. The number of aromatic nitrogens is 1. The predicted octanol–water partition coefficient (Wildman–Crippen LogP) is 3.34. The number of carbonyl (C=O) groups excluding carboxylic acids is 2. The minimum absolute atomic E-state index is 0.0836. The number of thiazole rings is 1. The van der Waals surface area contributed by atoms with Crippen molar-refractivity contribution in [3.8, 4) is 0 Å². The van der Waals surface area contributed by atoms with Crippen molar-refractivity contribution in [2.24, 2.45) is 0 Å². The van der Waals surface area contributed by atoms with Crippen LogP contribution in [0.5, 0.6) is 0 Å². The number of aryl methyl sites for hydroxylation is 2. The lowest BCUT2D eigenvalue weighted by molar-refractivity contribution is -0.130. The Bertz CT molecular complexity index is 1200. The fourth-order valence-electron chi connectivity index (χ4n) is 4.68. The molecule has 2 heterocycles. The van der Waals surface area contributed by atoms with Crippen LogP contribution in [0.15, 0.2) is 24.3 Å². The number of amides is 4. The van der Waals surface area contributed by atoms with Gasteiger partial charge in [0.2, 0.25) is 11.8 Å². The van der Waals surface area contributed by atoms with Crippen LogP contribution in [0, 0.1) is 0 Å². The van der Waals surface area contributed by atoms with Crippen LogP contribution in [-0.4, -0.2) is 81.0 Å². The van der Waals surface area contributed by atoms with Crippen LogP contribution < -0.4 is 21.3 Å². The van der Waals surface area contributed by atoms with Gasteiger partial charge >= 0.3 is 12.2 Å². The molecule has 13 nitrogen and oxygen atoms in total. The van der Waals surface area contributed by atoms with Gasteiger partial charge in [-0.1, -0.05) is 25.5 Å². The van der Waals surface area contributed by atoms with Gasteiger partial charge in [-0.2, -0.15) is 0 Å². The van der Waals surface area contributed by atoms with Crippen LogP contribution in [0.2, 0.25) is 0 Å². The molecule has 0 aliphatic carbocycles. The number of benzene rings is 1. The van der Waals surface area contributed by atoms with E-state index in [2.05, 4.69) is 31.2 Å². The number of hydrogen-bond donors (Lipinski definition) is 6. The maximum atomic E-state index is 11.7. The standard InChI is InChI=1S/C27H39N7O6S/c1-4-5-12-27(31-25(37)38,32-26(39)40)30-21-9-6-20(7-10-21)8-11-22-23(41-24(29-22)28-18(2)35)17-33-13-15-34(16-14-33)19(3)36/h6-7,9-10,30-32H,4-5,8,11-17H2,1-3H3,(H,37,38)(H,39,40)(H,28,29,35). The Morgan fingerprint density at radius 3 is 2.15 bits per heavy atom. The maximum absolute atomic E-state index is 11.7. The lowest BCUT2D eigenvalue weighted by Crippen LogP contribution is -2.65. The number of nitrogens with one attached hydrogen (secondary N) is 4. The molecule has 14 heteroatoms. The first-order valence-corrected chi connectivity index (χ1v) is 14.4. The molecule has 1 fully saturated rings. The molecular weight excluding hydrogens is 550 g/mol. The van der Waals surface area contributed by atoms with Crippen molar-refractivity contribution in [2.75, 3.05) is 36.8 Å². The Hall–Kier alpha value is -3.91. The summed E-state index contributed by atoms with van der Waals surface area (Å²) in [5.74, 6) is -1.67. The zero-order valence-electron chi connectivity index (χ0n) is 23.7. The number of nitrogens with zero attached hydrogens (tertiary/aromatic N) is 3. The molecule has 41 heavy (non-hydrogen) atoms. The molecule has 2 aromatic rings. The Morgan fingerprint density at radius 1 is 0.976 bits per heavy atom. The Labute approximate surface area is 243 Å². The largest absolute Gasteiger partial charge is 0.465 e. The predicted molar refractivity (Wildman–Crippen MR) is 156 cm³/mol. The van der Waals surface area contributed by atoms with Gasteiger partial charge in [-0.15, -0.1) is 11.3 Å². The van der Waals surface area contributed by atoms with E-state index in [0.717, 1.165) is 35.6 Å². The summed E-state index contributed by atoms with van der Waals surface area (Å²) < 4.78 is 0. The number of anilines is 2. The SMILES string of the molecule is CCCCC(NC(=O)O)(NC(=O)O)Nc1ccc(CCc2nc(NC(C)=O)sc2CN2CCN(C(C)=O)CC2)cc1. The van der Waals surface area contributed by atoms with Gasteiger partial charge < -0.3 is 25.7 Å². The second-order valence-electron chi connectivity index (χ2n) is 10.0. The normalized spacial score (nSPS) is 13.9. The summed E-state index contributed by atoms with van der Waals surface area (Å²) in [6.07, 6.45) is 0.186. The summed E-state index contributed by atoms with van der Waals surface area (Å²) in [5, 5.41) is 29.6. The highest BCUT2D eigenvalue weighted by atomic mass is 32.1. The minimum atomic E-state index is -1.57. The smallest absolute Gasteiger partial charge is 0.407 e. The van der Waals surface area contributed by atoms with Gasteiger partial charge in [0.05, 0.1) is 5.69 Å². The van der Waals surface area contributed by atoms with Crippen molar-refractivity contribution in [3.63, 3.8) is 0 Å². The molecule has 0 atom stereocenters. The molecule has 0 saturated carbocycles. The van der Waals surface area contributed by atoms with Gasteiger partial charge in [-0.25, -0.2) is 14.6 Å². The zero-order valence-corrected chi connectivity index (χ0v) is 24.5. The van der Waals surface area contributed by atoms with E-state index < -0.39 is 18.0 Å². The van der Waals surface area contributed by atoms with E-state index in [9.17, 15) is 29.4 Å². The van der Waals surface area contributed by atoms with Crippen LogP contribution in [0.3, 0.4) is 0 Å². The molecule has 1 aromatic carbocycles. The second kappa shape index (κ2) is 14.6. The van der Waals surface area contributed by atoms with Crippen molar-refractivity contribution in [1.82, 2.24) is 25.4 Å². The number of piperazine rings is 1. The van der Waals surface area contributed by atoms with Gasteiger partial charge in [0, 0.05) is 63.6 Å². The molecular formula is C27H39N7O6S. The Kier molecular flexibility index (Phi) is 11.3. The minimum Gasteiger partial charge on any atom is -0.465 e. The van der Waals surface area contributed by atoms with E-state index >= 15 is 0 Å². The number of carbonyl (C=O) groups is 4. The summed E-state index contributed by atoms with van der Waals surface area (Å²) in [5.41, 5.74) is 2.48. The van der Waals surface area contributed by atoms with Crippen LogP contribution >= 0.6 is 11.3 Å². The summed E-state index contributed by atoms with van der Waals surface area (Å²) in [6.45, 7) is 8.57. The first-order valence-electron chi connectivity index (χ1n) is 13.6. The molecule has 224 valence electrons. The lowest BCUT2D eigenvalue weighted by atomic mass is 10.1. The maximum Gasteiger partial charge on any atom is 0.407 e. The average molecular weight is 590 g/mol. The van der Waals surface area contributed by atoms with Crippen molar-refractivity contribution >= 4 is 46.2 Å². The van der Waals surface area contributed by atoms with Crippen molar-refractivity contribution in [3.05, 3.63) is 40.4 Å². The quantitative estimate of drug-likeness (QED) is 0.191. The monoisotopic (exact) mass is 589 g/mol. The fourth-order valence-corrected chi connectivity index (χ4v) is 5.78. The number of rotatable bonds is 13. The molecule has 0 spiro atoms. The molecule has 1 saturated heterocycles. The summed E-state index contributed by atoms with van der Waals surface area (Å²) in [6, 6.07) is 7.36. The highest BCUT2D eigenvalue weighted by molar-refractivity contribution is 7.15. The molecule has 0 unspecified atom stereocenters. The Balaban J connectivity index is 1.69. The van der Waals surface area contributed by atoms with Crippen LogP contribution in [0.25, 0.3) is 0 Å². The second-order valence-corrected chi connectivity index (χ2v) is 11.1. The van der Waals surface area contributed by atoms with Gasteiger partial charge in [0.25, 0.3) is 0 Å². The number of hydrogen-bond acceptors (Lipinski definition) is 8. The van der Waals surface area contributed by atoms with Crippen molar-refractivity contribution < 1.29 is 29.4 Å². The molecule has 0 radical (unpaired) electrons. The van der Waals surface area contributed by atoms with E-state index in [1.807, 2.05) is 24.0 Å². The zero-order chi connectivity index (χ0) is 30.0. The van der Waals surface area contributed by atoms with Gasteiger partial charge in [-0.3, -0.25) is 25.1 Å². The molecule has 1 aromatic heterocycles. The summed E-state index contributed by atoms with van der Waals surface area (Å²) in [4.78, 5) is 56.1. The average Bonchev–Trinajstić information content (AvgIpc) is 3.26. The third-order valence-corrected chi connectivity index (χ3v) is 7.75. The fraction of sp³-hybridized carbons (Fsp3) is 0.519. The Morgan fingerprint density at radius 2 is 1.61 bits per heavy atom. The van der Waals surface area contributed by atoms with Crippen molar-refractivity contribution in [2.45, 2.75) is 65.2 Å². The summed E-state index contributed by atoms with van der Waals surface area (Å²) in [7, 11) is 0. The van der Waals surface area contributed by atoms with Crippen LogP contribution in [-0.2, 0) is 29.0 Å². The molecule has 3 rings (SSSR count). The van der Waals surface area contributed by atoms with E-state index in [1.165, 1.54) is 18.3 Å². The molecule has 1 aliphatic rings. The van der Waals surface area contributed by atoms with Gasteiger partial charge in [0.1, 0.15) is 0 Å². The number of carboxylic acid groups (broad SMARTS) is 2. The lowest BCUT2D eigenvalue weighted by Gasteiger charge is -2.35. The highest BCUT2D eigenvalue weighted by Gasteiger charge is 2.33. The van der Waals surface area contributed by atoms with E-state index in [0.29, 0.717) is 49.7 Å². The summed E-state index contributed by atoms with van der Waals surface area (Å²) >= 11 is 1.46. The molecule has 1 aliphatic heterocycles. The van der Waals surface area contributed by atoms with Crippen LogP contribution in [0.4, 0.5) is 20.4 Å². The van der Waals surface area contributed by atoms with Gasteiger partial charge in [-0.05, 0) is 37.0 Å². The first-order chi connectivity index (χ1) is 19.5.